The third kappa shape index (κ3) is 5.23. The molecule has 1 aromatic carbocycles. The van der Waals surface area contributed by atoms with Gasteiger partial charge in [-0.2, -0.15) is 0 Å². The molecule has 0 radical (unpaired) electrons. The van der Waals surface area contributed by atoms with Crippen molar-refractivity contribution in [2.24, 2.45) is 5.92 Å². The molecule has 1 amide bonds. The van der Waals surface area contributed by atoms with E-state index in [1.54, 1.807) is 25.1 Å². The van der Waals surface area contributed by atoms with Crippen molar-refractivity contribution in [1.29, 1.82) is 0 Å². The number of amides is 1. The molecule has 0 fully saturated rings. The van der Waals surface area contributed by atoms with Crippen molar-refractivity contribution < 1.29 is 28.3 Å². The van der Waals surface area contributed by atoms with E-state index in [9.17, 15) is 14.4 Å². The van der Waals surface area contributed by atoms with Crippen LogP contribution in [0.25, 0.3) is 11.0 Å². The molecule has 0 saturated heterocycles. The highest BCUT2D eigenvalue weighted by atomic mass is 35.5. The summed E-state index contributed by atoms with van der Waals surface area (Å²) in [4.78, 5) is 36.0. The average molecular weight is 396 g/mol. The zero-order valence-corrected chi connectivity index (χ0v) is 16.4. The summed E-state index contributed by atoms with van der Waals surface area (Å²) in [6, 6.07) is 4.20. The molecule has 1 atom stereocenters. The van der Waals surface area contributed by atoms with Crippen LogP contribution in [0.3, 0.4) is 0 Å². The molecular weight excluding hydrogens is 374 g/mol. The monoisotopic (exact) mass is 395 g/mol. The average Bonchev–Trinajstić information content (AvgIpc) is 2.94. The second kappa shape index (κ2) is 8.90. The number of fused-ring (bicyclic) bond motifs is 1. The van der Waals surface area contributed by atoms with Crippen molar-refractivity contribution >= 4 is 40.4 Å². The van der Waals surface area contributed by atoms with E-state index in [1.807, 2.05) is 13.8 Å². The van der Waals surface area contributed by atoms with Gasteiger partial charge in [-0.3, -0.25) is 4.79 Å². The highest BCUT2D eigenvalue weighted by Crippen LogP contribution is 2.28. The number of benzene rings is 1. The topological polar surface area (TPSA) is 94.8 Å². The Kier molecular flexibility index (Phi) is 6.85. The van der Waals surface area contributed by atoms with Gasteiger partial charge in [-0.25, -0.2) is 9.59 Å². The molecule has 0 bridgehead atoms. The van der Waals surface area contributed by atoms with Gasteiger partial charge in [0.15, 0.2) is 6.61 Å². The SMILES string of the molecule is COC(=O)C(CC(C)C)NC(=O)COC(=O)c1oc2ccc(Cl)cc2c1C. The molecular formula is C19H22ClNO6. The summed E-state index contributed by atoms with van der Waals surface area (Å²) in [5.74, 6) is -1.74. The van der Waals surface area contributed by atoms with E-state index in [0.717, 1.165) is 0 Å². The van der Waals surface area contributed by atoms with Crippen LogP contribution in [0.2, 0.25) is 5.02 Å². The van der Waals surface area contributed by atoms with E-state index in [0.29, 0.717) is 28.0 Å². The molecule has 8 heteroatoms. The van der Waals surface area contributed by atoms with Crippen LogP contribution in [-0.2, 0) is 19.1 Å². The van der Waals surface area contributed by atoms with Crippen LogP contribution in [-0.4, -0.2) is 37.6 Å². The number of methoxy groups -OCH3 is 1. The molecule has 146 valence electrons. The smallest absolute Gasteiger partial charge is 0.375 e. The first kappa shape index (κ1) is 20.8. The van der Waals surface area contributed by atoms with Crippen molar-refractivity contribution in [3.8, 4) is 0 Å². The summed E-state index contributed by atoms with van der Waals surface area (Å²) in [6.07, 6.45) is 0.413. The number of furan rings is 1. The van der Waals surface area contributed by atoms with Crippen molar-refractivity contribution in [2.75, 3.05) is 13.7 Å². The molecule has 0 aliphatic carbocycles. The highest BCUT2D eigenvalue weighted by Gasteiger charge is 2.24. The van der Waals surface area contributed by atoms with Gasteiger partial charge < -0.3 is 19.2 Å². The Balaban J connectivity index is 2.01. The minimum atomic E-state index is -0.795. The summed E-state index contributed by atoms with van der Waals surface area (Å²) < 4.78 is 15.2. The number of carbonyl (C=O) groups excluding carboxylic acids is 3. The lowest BCUT2D eigenvalue weighted by Crippen LogP contribution is -2.44. The first-order valence-electron chi connectivity index (χ1n) is 8.45. The quantitative estimate of drug-likeness (QED) is 0.723. The maximum atomic E-state index is 12.3. The lowest BCUT2D eigenvalue weighted by Gasteiger charge is -2.18. The highest BCUT2D eigenvalue weighted by molar-refractivity contribution is 6.31. The van der Waals surface area contributed by atoms with E-state index in [1.165, 1.54) is 7.11 Å². The summed E-state index contributed by atoms with van der Waals surface area (Å²) in [5.41, 5.74) is 1.07. The van der Waals surface area contributed by atoms with Crippen LogP contribution in [0.5, 0.6) is 0 Å². The second-order valence-corrected chi connectivity index (χ2v) is 6.98. The largest absolute Gasteiger partial charge is 0.467 e. The number of aryl methyl sites for hydroxylation is 1. The Hall–Kier alpha value is -2.54. The lowest BCUT2D eigenvalue weighted by atomic mass is 10.0. The first-order valence-corrected chi connectivity index (χ1v) is 8.83. The number of esters is 2. The Bertz CT molecular complexity index is 857. The molecule has 1 heterocycles. The number of nitrogens with one attached hydrogen (secondary N) is 1. The van der Waals surface area contributed by atoms with Gasteiger partial charge in [0.2, 0.25) is 5.76 Å². The first-order chi connectivity index (χ1) is 12.7. The summed E-state index contributed by atoms with van der Waals surface area (Å²) >= 11 is 5.96. The minimum absolute atomic E-state index is 0.00626. The molecule has 27 heavy (non-hydrogen) atoms. The van der Waals surface area contributed by atoms with Gasteiger partial charge in [0.05, 0.1) is 7.11 Å². The third-order valence-corrected chi connectivity index (χ3v) is 4.18. The fraction of sp³-hybridized carbons (Fsp3) is 0.421. The van der Waals surface area contributed by atoms with Gasteiger partial charge >= 0.3 is 11.9 Å². The maximum Gasteiger partial charge on any atom is 0.375 e. The zero-order chi connectivity index (χ0) is 20.1. The lowest BCUT2D eigenvalue weighted by molar-refractivity contribution is -0.145. The van der Waals surface area contributed by atoms with Gasteiger partial charge in [0, 0.05) is 16.0 Å². The van der Waals surface area contributed by atoms with E-state index in [4.69, 9.17) is 20.8 Å². The van der Waals surface area contributed by atoms with Gasteiger partial charge in [-0.1, -0.05) is 25.4 Å². The van der Waals surface area contributed by atoms with Crippen LogP contribution >= 0.6 is 11.6 Å². The Morgan fingerprint density at radius 1 is 1.26 bits per heavy atom. The predicted molar refractivity (Wildman–Crippen MR) is 99.6 cm³/mol. The third-order valence-electron chi connectivity index (χ3n) is 3.95. The molecule has 2 aromatic rings. The van der Waals surface area contributed by atoms with E-state index < -0.39 is 30.5 Å². The predicted octanol–water partition coefficient (Wildman–Crippen LogP) is 3.26. The Labute approximate surface area is 161 Å². The molecule has 1 aromatic heterocycles. The summed E-state index contributed by atoms with van der Waals surface area (Å²) in [7, 11) is 1.25. The van der Waals surface area contributed by atoms with Gasteiger partial charge in [0.25, 0.3) is 5.91 Å². The van der Waals surface area contributed by atoms with Crippen LogP contribution in [0.4, 0.5) is 0 Å². The minimum Gasteiger partial charge on any atom is -0.467 e. The zero-order valence-electron chi connectivity index (χ0n) is 15.6. The fourth-order valence-corrected chi connectivity index (χ4v) is 2.82. The fourth-order valence-electron chi connectivity index (χ4n) is 2.65. The van der Waals surface area contributed by atoms with Crippen LogP contribution in [0, 0.1) is 12.8 Å². The standard InChI is InChI=1S/C19H22ClNO6/c1-10(2)7-14(18(23)25-4)21-16(22)9-26-19(24)17-11(3)13-8-12(20)5-6-15(13)27-17/h5-6,8,10,14H,7,9H2,1-4H3,(H,21,22). The molecule has 7 nitrogen and oxygen atoms in total. The molecule has 0 spiro atoms. The molecule has 0 saturated carbocycles. The number of ether oxygens (including phenoxy) is 2. The summed E-state index contributed by atoms with van der Waals surface area (Å²) in [5, 5.41) is 3.73. The van der Waals surface area contributed by atoms with Crippen LogP contribution < -0.4 is 5.32 Å². The van der Waals surface area contributed by atoms with Crippen molar-refractivity contribution in [2.45, 2.75) is 33.2 Å². The number of carbonyl (C=O) groups is 3. The van der Waals surface area contributed by atoms with Gasteiger partial charge in [-0.15, -0.1) is 0 Å². The van der Waals surface area contributed by atoms with Gasteiger partial charge in [-0.05, 0) is 37.5 Å². The number of hydrogen-bond acceptors (Lipinski definition) is 6. The van der Waals surface area contributed by atoms with Crippen LogP contribution in [0.1, 0.15) is 36.4 Å². The van der Waals surface area contributed by atoms with Crippen molar-refractivity contribution in [1.82, 2.24) is 5.32 Å². The molecule has 0 aliphatic heterocycles. The maximum absolute atomic E-state index is 12.3. The van der Waals surface area contributed by atoms with Crippen LogP contribution in [0.15, 0.2) is 22.6 Å². The Morgan fingerprint density at radius 3 is 2.59 bits per heavy atom. The van der Waals surface area contributed by atoms with E-state index >= 15 is 0 Å². The molecule has 1 unspecified atom stereocenters. The van der Waals surface area contributed by atoms with E-state index in [2.05, 4.69) is 10.1 Å². The Morgan fingerprint density at radius 2 is 1.96 bits per heavy atom. The number of hydrogen-bond donors (Lipinski definition) is 1. The summed E-state index contributed by atoms with van der Waals surface area (Å²) in [6.45, 7) is 4.99. The van der Waals surface area contributed by atoms with Gasteiger partial charge in [0.1, 0.15) is 11.6 Å². The van der Waals surface area contributed by atoms with Crippen molar-refractivity contribution in [3.05, 3.63) is 34.5 Å². The van der Waals surface area contributed by atoms with E-state index in [-0.39, 0.29) is 11.7 Å². The number of rotatable bonds is 7. The molecule has 1 N–H and O–H groups in total. The second-order valence-electron chi connectivity index (χ2n) is 6.55. The normalized spacial score (nSPS) is 12.1. The molecule has 2 rings (SSSR count). The van der Waals surface area contributed by atoms with Crippen molar-refractivity contribution in [3.63, 3.8) is 0 Å². The molecule has 0 aliphatic rings. The number of halogens is 1.